The second-order valence-corrected chi connectivity index (χ2v) is 8.09. The van der Waals surface area contributed by atoms with Crippen molar-refractivity contribution in [3.8, 4) is 0 Å². The molecule has 1 unspecified atom stereocenters. The van der Waals surface area contributed by atoms with Gasteiger partial charge in [0.1, 0.15) is 0 Å². The van der Waals surface area contributed by atoms with Crippen molar-refractivity contribution in [2.24, 2.45) is 17.8 Å². The van der Waals surface area contributed by atoms with E-state index in [4.69, 9.17) is 5.11 Å². The molecule has 0 radical (unpaired) electrons. The predicted octanol–water partition coefficient (Wildman–Crippen LogP) is 7.07. The zero-order valence-electron chi connectivity index (χ0n) is 16.3. The number of aliphatic carboxylic acids is 1. The smallest absolute Gasteiger partial charge is 0.303 e. The maximum atomic E-state index is 10.6. The molecule has 2 nitrogen and oxygen atoms in total. The van der Waals surface area contributed by atoms with Gasteiger partial charge in [-0.2, -0.15) is 0 Å². The fraction of sp³-hybridized carbons (Fsp3) is 0.952. The Labute approximate surface area is 145 Å². The first kappa shape index (κ1) is 22.5. The van der Waals surface area contributed by atoms with Crippen molar-refractivity contribution < 1.29 is 9.90 Å². The van der Waals surface area contributed by atoms with Crippen LogP contribution in [-0.4, -0.2) is 11.1 Å². The monoisotopic (exact) mass is 326 g/mol. The van der Waals surface area contributed by atoms with Gasteiger partial charge < -0.3 is 5.11 Å². The molecule has 1 N–H and O–H groups in total. The van der Waals surface area contributed by atoms with Gasteiger partial charge in [-0.15, -0.1) is 0 Å². The Morgan fingerprint density at radius 2 is 1.13 bits per heavy atom. The number of carboxylic acids is 1. The summed E-state index contributed by atoms with van der Waals surface area (Å²) < 4.78 is 0. The van der Waals surface area contributed by atoms with Crippen LogP contribution in [-0.2, 0) is 4.79 Å². The van der Waals surface area contributed by atoms with Crippen LogP contribution in [0, 0.1) is 17.8 Å². The van der Waals surface area contributed by atoms with Crippen LogP contribution >= 0.6 is 0 Å². The van der Waals surface area contributed by atoms with Crippen LogP contribution in [0.15, 0.2) is 0 Å². The van der Waals surface area contributed by atoms with Crippen molar-refractivity contribution in [3.05, 3.63) is 0 Å². The zero-order chi connectivity index (χ0) is 17.5. The van der Waals surface area contributed by atoms with E-state index in [0.29, 0.717) is 18.3 Å². The first-order chi connectivity index (χ1) is 10.9. The fourth-order valence-electron chi connectivity index (χ4n) is 3.35. The molecule has 0 saturated heterocycles. The van der Waals surface area contributed by atoms with Gasteiger partial charge in [0.25, 0.3) is 0 Å². The van der Waals surface area contributed by atoms with Crippen LogP contribution in [0.4, 0.5) is 0 Å². The SMILES string of the molecule is CC(C)CCCCCCCCCCC(CCCC(=O)O)C(C)C. The molecule has 0 amide bonds. The predicted molar refractivity (Wildman–Crippen MR) is 101 cm³/mol. The third-order valence-electron chi connectivity index (χ3n) is 5.01. The van der Waals surface area contributed by atoms with Crippen LogP contribution in [0.3, 0.4) is 0 Å². The summed E-state index contributed by atoms with van der Waals surface area (Å²) in [6.45, 7) is 9.18. The molecular weight excluding hydrogens is 284 g/mol. The molecule has 0 aromatic carbocycles. The van der Waals surface area contributed by atoms with Gasteiger partial charge in [-0.1, -0.05) is 91.9 Å². The number of carboxylic acid groups (broad SMARTS) is 1. The van der Waals surface area contributed by atoms with E-state index >= 15 is 0 Å². The molecule has 0 saturated carbocycles. The summed E-state index contributed by atoms with van der Waals surface area (Å²) in [5, 5.41) is 8.74. The van der Waals surface area contributed by atoms with E-state index in [2.05, 4.69) is 27.7 Å². The van der Waals surface area contributed by atoms with E-state index in [1.165, 1.54) is 64.2 Å². The lowest BCUT2D eigenvalue weighted by Crippen LogP contribution is -2.09. The van der Waals surface area contributed by atoms with E-state index in [1.54, 1.807) is 0 Å². The molecule has 0 heterocycles. The minimum atomic E-state index is -0.652. The number of hydrogen-bond donors (Lipinski definition) is 1. The van der Waals surface area contributed by atoms with Gasteiger partial charge in [0.05, 0.1) is 0 Å². The van der Waals surface area contributed by atoms with E-state index < -0.39 is 5.97 Å². The van der Waals surface area contributed by atoms with Gasteiger partial charge in [-0.3, -0.25) is 4.79 Å². The minimum Gasteiger partial charge on any atom is -0.481 e. The highest BCUT2D eigenvalue weighted by atomic mass is 16.4. The van der Waals surface area contributed by atoms with E-state index in [0.717, 1.165) is 18.8 Å². The lowest BCUT2D eigenvalue weighted by molar-refractivity contribution is -0.137. The molecule has 0 aliphatic heterocycles. The van der Waals surface area contributed by atoms with E-state index in [-0.39, 0.29) is 0 Å². The highest BCUT2D eigenvalue weighted by Gasteiger charge is 2.13. The average Bonchev–Trinajstić information content (AvgIpc) is 2.46. The number of unbranched alkanes of at least 4 members (excludes halogenated alkanes) is 7. The van der Waals surface area contributed by atoms with Crippen molar-refractivity contribution in [2.45, 2.75) is 111 Å². The Hall–Kier alpha value is -0.530. The quantitative estimate of drug-likeness (QED) is 0.308. The maximum Gasteiger partial charge on any atom is 0.303 e. The van der Waals surface area contributed by atoms with Crippen molar-refractivity contribution in [1.29, 1.82) is 0 Å². The Morgan fingerprint density at radius 3 is 1.57 bits per heavy atom. The second kappa shape index (κ2) is 15.0. The molecule has 1 atom stereocenters. The first-order valence-corrected chi connectivity index (χ1v) is 10.1. The summed E-state index contributed by atoms with van der Waals surface area (Å²) >= 11 is 0. The van der Waals surface area contributed by atoms with Crippen molar-refractivity contribution in [2.75, 3.05) is 0 Å². The lowest BCUT2D eigenvalue weighted by atomic mass is 9.86. The first-order valence-electron chi connectivity index (χ1n) is 10.1. The Kier molecular flexibility index (Phi) is 14.7. The van der Waals surface area contributed by atoms with Gasteiger partial charge in [0.2, 0.25) is 0 Å². The molecule has 23 heavy (non-hydrogen) atoms. The molecule has 0 aliphatic carbocycles. The standard InChI is InChI=1S/C21H42O2/c1-18(2)14-11-9-7-5-6-8-10-12-15-20(19(3)4)16-13-17-21(22)23/h18-20H,5-17H2,1-4H3,(H,22,23). The van der Waals surface area contributed by atoms with Crippen LogP contribution in [0.2, 0.25) is 0 Å². The van der Waals surface area contributed by atoms with E-state index in [9.17, 15) is 4.79 Å². The summed E-state index contributed by atoms with van der Waals surface area (Å²) in [5.74, 6) is 1.61. The molecule has 0 rings (SSSR count). The third kappa shape index (κ3) is 16.1. The normalized spacial score (nSPS) is 13.0. The zero-order valence-corrected chi connectivity index (χ0v) is 16.3. The molecular formula is C21H42O2. The summed E-state index contributed by atoms with van der Waals surface area (Å²) in [6, 6.07) is 0. The Morgan fingerprint density at radius 1 is 0.696 bits per heavy atom. The number of carbonyl (C=O) groups is 1. The van der Waals surface area contributed by atoms with Crippen molar-refractivity contribution in [1.82, 2.24) is 0 Å². The highest BCUT2D eigenvalue weighted by Crippen LogP contribution is 2.25. The summed E-state index contributed by atoms with van der Waals surface area (Å²) in [4.78, 5) is 10.6. The van der Waals surface area contributed by atoms with Crippen LogP contribution in [0.5, 0.6) is 0 Å². The summed E-state index contributed by atoms with van der Waals surface area (Å²) in [5.41, 5.74) is 0. The van der Waals surface area contributed by atoms with Crippen molar-refractivity contribution >= 4 is 5.97 Å². The molecule has 0 aromatic rings. The second-order valence-electron chi connectivity index (χ2n) is 8.09. The molecule has 0 bridgehead atoms. The van der Waals surface area contributed by atoms with Gasteiger partial charge in [-0.05, 0) is 30.6 Å². The highest BCUT2D eigenvalue weighted by molar-refractivity contribution is 5.66. The molecule has 138 valence electrons. The largest absolute Gasteiger partial charge is 0.481 e. The average molecular weight is 327 g/mol. The van der Waals surface area contributed by atoms with Gasteiger partial charge in [0.15, 0.2) is 0 Å². The lowest BCUT2D eigenvalue weighted by Gasteiger charge is -2.20. The minimum absolute atomic E-state index is 0.333. The Bertz CT molecular complexity index is 271. The maximum absolute atomic E-state index is 10.6. The summed E-state index contributed by atoms with van der Waals surface area (Å²) in [6.07, 6.45) is 16.0. The topological polar surface area (TPSA) is 37.3 Å². The molecule has 0 aromatic heterocycles. The number of rotatable bonds is 16. The molecule has 2 heteroatoms. The third-order valence-corrected chi connectivity index (χ3v) is 5.01. The van der Waals surface area contributed by atoms with Gasteiger partial charge in [0, 0.05) is 6.42 Å². The van der Waals surface area contributed by atoms with Crippen LogP contribution < -0.4 is 0 Å². The molecule has 0 aliphatic rings. The van der Waals surface area contributed by atoms with Crippen LogP contribution in [0.1, 0.15) is 111 Å². The fourth-order valence-corrected chi connectivity index (χ4v) is 3.35. The van der Waals surface area contributed by atoms with Crippen molar-refractivity contribution in [3.63, 3.8) is 0 Å². The number of hydrogen-bond acceptors (Lipinski definition) is 1. The van der Waals surface area contributed by atoms with Gasteiger partial charge >= 0.3 is 5.97 Å². The Balaban J connectivity index is 3.47. The molecule has 0 fully saturated rings. The van der Waals surface area contributed by atoms with Crippen LogP contribution in [0.25, 0.3) is 0 Å². The van der Waals surface area contributed by atoms with E-state index in [1.807, 2.05) is 0 Å². The molecule has 0 spiro atoms. The summed E-state index contributed by atoms with van der Waals surface area (Å²) in [7, 11) is 0. The van der Waals surface area contributed by atoms with Gasteiger partial charge in [-0.25, -0.2) is 0 Å².